The highest BCUT2D eigenvalue weighted by atomic mass is 15.2. The molecule has 2 N–H and O–H groups in total. The molecule has 3 unspecified atom stereocenters. The summed E-state index contributed by atoms with van der Waals surface area (Å²) in [6.45, 7) is 5.07. The average Bonchev–Trinajstić information content (AvgIpc) is 2.97. The molecular formula is C16H28N4. The van der Waals surface area contributed by atoms with Crippen molar-refractivity contribution in [1.29, 1.82) is 0 Å². The number of rotatable bonds is 4. The molecule has 20 heavy (non-hydrogen) atoms. The Kier molecular flexibility index (Phi) is 4.41. The lowest BCUT2D eigenvalue weighted by Gasteiger charge is -2.47. The first-order valence-corrected chi connectivity index (χ1v) is 8.31. The zero-order valence-electron chi connectivity index (χ0n) is 12.7. The number of hydrogen-bond donors (Lipinski definition) is 1. The van der Waals surface area contributed by atoms with Gasteiger partial charge in [-0.2, -0.15) is 0 Å². The molecule has 4 heteroatoms. The Hall–Kier alpha value is -0.870. The van der Waals surface area contributed by atoms with E-state index in [0.717, 1.165) is 18.5 Å². The number of hydrogen-bond acceptors (Lipinski definition) is 3. The highest BCUT2D eigenvalue weighted by Crippen LogP contribution is 2.39. The normalized spacial score (nSPS) is 29.1. The van der Waals surface area contributed by atoms with Crippen LogP contribution in [0.1, 0.15) is 57.2 Å². The fourth-order valence-electron chi connectivity index (χ4n) is 4.35. The van der Waals surface area contributed by atoms with Crippen LogP contribution in [0.25, 0.3) is 0 Å². The van der Waals surface area contributed by atoms with Crippen molar-refractivity contribution in [3.8, 4) is 0 Å². The van der Waals surface area contributed by atoms with E-state index >= 15 is 0 Å². The molecular weight excluding hydrogens is 248 g/mol. The maximum absolute atomic E-state index is 6.16. The highest BCUT2D eigenvalue weighted by molar-refractivity contribution is 5.08. The van der Waals surface area contributed by atoms with Crippen LogP contribution in [0.2, 0.25) is 0 Å². The first-order valence-electron chi connectivity index (χ1n) is 8.31. The van der Waals surface area contributed by atoms with Gasteiger partial charge >= 0.3 is 0 Å². The maximum Gasteiger partial charge on any atom is 0.0948 e. The zero-order valence-corrected chi connectivity index (χ0v) is 12.7. The summed E-state index contributed by atoms with van der Waals surface area (Å²) in [5.41, 5.74) is 7.46. The van der Waals surface area contributed by atoms with Crippen molar-refractivity contribution < 1.29 is 0 Å². The number of nitrogens with zero attached hydrogens (tertiary/aromatic N) is 3. The molecule has 2 fully saturated rings. The van der Waals surface area contributed by atoms with Gasteiger partial charge in [0.05, 0.1) is 18.1 Å². The van der Waals surface area contributed by atoms with Crippen LogP contribution in [-0.4, -0.2) is 33.6 Å². The largest absolute Gasteiger partial charge is 0.333 e. The van der Waals surface area contributed by atoms with Crippen molar-refractivity contribution in [3.63, 3.8) is 0 Å². The van der Waals surface area contributed by atoms with Gasteiger partial charge in [-0.1, -0.05) is 12.8 Å². The number of likely N-dealkylation sites (tertiary alicyclic amines) is 1. The predicted octanol–water partition coefficient (Wildman–Crippen LogP) is 2.56. The van der Waals surface area contributed by atoms with E-state index in [1.165, 1.54) is 50.8 Å². The minimum Gasteiger partial charge on any atom is -0.333 e. The Morgan fingerprint density at radius 2 is 2.10 bits per heavy atom. The van der Waals surface area contributed by atoms with Gasteiger partial charge in [-0.05, 0) is 45.1 Å². The second-order valence-corrected chi connectivity index (χ2v) is 6.35. The molecule has 0 bridgehead atoms. The molecule has 1 aromatic rings. The molecule has 0 aromatic carbocycles. The summed E-state index contributed by atoms with van der Waals surface area (Å²) in [6.07, 6.45) is 12.3. The molecule has 1 aliphatic heterocycles. The summed E-state index contributed by atoms with van der Waals surface area (Å²) in [5, 5.41) is 0. The standard InChI is InChI=1S/C16H28N4/c1-2-19-12-18-11-16(19)15(10-17)20-9-5-7-13-6-3-4-8-14(13)20/h11-15H,2-10,17H2,1H3. The van der Waals surface area contributed by atoms with Gasteiger partial charge in [0.15, 0.2) is 0 Å². The predicted molar refractivity (Wildman–Crippen MR) is 81.4 cm³/mol. The van der Waals surface area contributed by atoms with Crippen LogP contribution in [0.5, 0.6) is 0 Å². The van der Waals surface area contributed by atoms with Crippen molar-refractivity contribution in [3.05, 3.63) is 18.2 Å². The quantitative estimate of drug-likeness (QED) is 0.919. The number of aryl methyl sites for hydroxylation is 1. The second kappa shape index (κ2) is 6.27. The molecule has 2 heterocycles. The summed E-state index contributed by atoms with van der Waals surface area (Å²) < 4.78 is 2.25. The van der Waals surface area contributed by atoms with Crippen LogP contribution < -0.4 is 5.73 Å². The monoisotopic (exact) mass is 276 g/mol. The van der Waals surface area contributed by atoms with Crippen LogP contribution in [0.4, 0.5) is 0 Å². The number of piperidine rings is 1. The Balaban J connectivity index is 1.84. The third-order valence-corrected chi connectivity index (χ3v) is 5.34. The highest BCUT2D eigenvalue weighted by Gasteiger charge is 2.37. The van der Waals surface area contributed by atoms with E-state index in [-0.39, 0.29) is 0 Å². The van der Waals surface area contributed by atoms with Crippen molar-refractivity contribution in [2.75, 3.05) is 13.1 Å². The van der Waals surface area contributed by atoms with Crippen molar-refractivity contribution >= 4 is 0 Å². The molecule has 1 saturated carbocycles. The molecule has 112 valence electrons. The minimum atomic E-state index is 0.350. The van der Waals surface area contributed by atoms with Gasteiger partial charge < -0.3 is 10.3 Å². The smallest absolute Gasteiger partial charge is 0.0948 e. The first-order chi connectivity index (χ1) is 9.85. The van der Waals surface area contributed by atoms with Crippen LogP contribution in [-0.2, 0) is 6.54 Å². The van der Waals surface area contributed by atoms with E-state index in [9.17, 15) is 0 Å². The molecule has 0 amide bonds. The lowest BCUT2D eigenvalue weighted by molar-refractivity contribution is 0.0252. The van der Waals surface area contributed by atoms with Crippen LogP contribution >= 0.6 is 0 Å². The number of imidazole rings is 1. The van der Waals surface area contributed by atoms with Crippen LogP contribution in [0.3, 0.4) is 0 Å². The average molecular weight is 276 g/mol. The van der Waals surface area contributed by atoms with Gasteiger partial charge in [0.25, 0.3) is 0 Å². The first kappa shape index (κ1) is 14.1. The van der Waals surface area contributed by atoms with Gasteiger partial charge in [0.1, 0.15) is 0 Å². The maximum atomic E-state index is 6.16. The summed E-state index contributed by atoms with van der Waals surface area (Å²) in [4.78, 5) is 7.05. The fraction of sp³-hybridized carbons (Fsp3) is 0.812. The number of fused-ring (bicyclic) bond motifs is 1. The van der Waals surface area contributed by atoms with Gasteiger partial charge in [-0.3, -0.25) is 4.90 Å². The molecule has 1 aliphatic carbocycles. The van der Waals surface area contributed by atoms with E-state index < -0.39 is 0 Å². The van der Waals surface area contributed by atoms with Crippen molar-refractivity contribution in [2.24, 2.45) is 11.7 Å². The van der Waals surface area contributed by atoms with Crippen molar-refractivity contribution in [2.45, 2.75) is 64.1 Å². The molecule has 3 rings (SSSR count). The number of aromatic nitrogens is 2. The molecule has 2 aliphatic rings. The van der Waals surface area contributed by atoms with E-state index in [1.807, 2.05) is 12.5 Å². The summed E-state index contributed by atoms with van der Waals surface area (Å²) in [5.74, 6) is 0.907. The summed E-state index contributed by atoms with van der Waals surface area (Å²) in [7, 11) is 0. The molecule has 1 saturated heterocycles. The minimum absolute atomic E-state index is 0.350. The number of nitrogens with two attached hydrogens (primary N) is 1. The Bertz CT molecular complexity index is 426. The van der Waals surface area contributed by atoms with Crippen LogP contribution in [0.15, 0.2) is 12.5 Å². The van der Waals surface area contributed by atoms with Gasteiger partial charge in [-0.25, -0.2) is 4.98 Å². The lowest BCUT2D eigenvalue weighted by Crippen LogP contribution is -2.50. The zero-order chi connectivity index (χ0) is 13.9. The molecule has 0 spiro atoms. The summed E-state index contributed by atoms with van der Waals surface area (Å²) in [6, 6.07) is 1.11. The van der Waals surface area contributed by atoms with E-state index in [4.69, 9.17) is 5.73 Å². The second-order valence-electron chi connectivity index (χ2n) is 6.35. The third-order valence-electron chi connectivity index (χ3n) is 5.34. The fourth-order valence-corrected chi connectivity index (χ4v) is 4.35. The Labute approximate surface area is 122 Å². The van der Waals surface area contributed by atoms with Crippen molar-refractivity contribution in [1.82, 2.24) is 14.5 Å². The van der Waals surface area contributed by atoms with E-state index in [2.05, 4.69) is 21.4 Å². The van der Waals surface area contributed by atoms with Gasteiger partial charge in [-0.15, -0.1) is 0 Å². The Morgan fingerprint density at radius 3 is 2.90 bits per heavy atom. The van der Waals surface area contributed by atoms with Crippen LogP contribution in [0, 0.1) is 5.92 Å². The molecule has 0 radical (unpaired) electrons. The van der Waals surface area contributed by atoms with Gasteiger partial charge in [0, 0.05) is 25.3 Å². The topological polar surface area (TPSA) is 47.1 Å². The lowest BCUT2D eigenvalue weighted by atomic mass is 9.77. The SMILES string of the molecule is CCn1cncc1C(CN)N1CCCC2CCCCC21. The Morgan fingerprint density at radius 1 is 1.30 bits per heavy atom. The molecule has 4 nitrogen and oxygen atoms in total. The third kappa shape index (κ3) is 2.51. The summed E-state index contributed by atoms with van der Waals surface area (Å²) >= 11 is 0. The molecule has 3 atom stereocenters. The van der Waals surface area contributed by atoms with E-state index in [1.54, 1.807) is 0 Å². The van der Waals surface area contributed by atoms with E-state index in [0.29, 0.717) is 12.6 Å². The molecule has 1 aromatic heterocycles. The van der Waals surface area contributed by atoms with Gasteiger partial charge in [0.2, 0.25) is 0 Å².